The third kappa shape index (κ3) is 5.45. The van der Waals surface area contributed by atoms with Crippen molar-refractivity contribution in [3.63, 3.8) is 0 Å². The number of hydrogen-bond donors (Lipinski definition) is 1. The van der Waals surface area contributed by atoms with Gasteiger partial charge in [0.1, 0.15) is 0 Å². The molecule has 0 amide bonds. The maximum absolute atomic E-state index is 5.95. The van der Waals surface area contributed by atoms with Gasteiger partial charge in [0.05, 0.1) is 11.0 Å². The van der Waals surface area contributed by atoms with E-state index in [4.69, 9.17) is 5.73 Å². The molecule has 0 aliphatic heterocycles. The monoisotopic (exact) mass is 603 g/mol. The van der Waals surface area contributed by atoms with E-state index in [1.54, 1.807) is 0 Å². The SMILES string of the molecule is Nc1ccc(/C=C/c2ccc(N(c3ccccc3)c3ccccc3)cc2-c2ccc(-n3c4ccccc4c4ccccc43)cc2)cc1. The van der Waals surface area contributed by atoms with E-state index >= 15 is 0 Å². The number of nitrogens with two attached hydrogens (primary N) is 1. The Morgan fingerprint density at radius 2 is 1.02 bits per heavy atom. The molecule has 0 unspecified atom stereocenters. The number of anilines is 4. The third-order valence-corrected chi connectivity index (χ3v) is 8.73. The van der Waals surface area contributed by atoms with Crippen LogP contribution in [0.5, 0.6) is 0 Å². The van der Waals surface area contributed by atoms with Crippen LogP contribution in [0.25, 0.3) is 50.8 Å². The predicted molar refractivity (Wildman–Crippen MR) is 201 cm³/mol. The molecule has 0 aliphatic rings. The van der Waals surface area contributed by atoms with Gasteiger partial charge >= 0.3 is 0 Å². The topological polar surface area (TPSA) is 34.2 Å². The van der Waals surface area contributed by atoms with Crippen LogP contribution >= 0.6 is 0 Å². The van der Waals surface area contributed by atoms with Gasteiger partial charge in [0.2, 0.25) is 0 Å². The van der Waals surface area contributed by atoms with Crippen LogP contribution in [-0.2, 0) is 0 Å². The van der Waals surface area contributed by atoms with Crippen LogP contribution in [0.4, 0.5) is 22.7 Å². The quantitative estimate of drug-likeness (QED) is 0.145. The fourth-order valence-corrected chi connectivity index (χ4v) is 6.46. The summed E-state index contributed by atoms with van der Waals surface area (Å²) in [5, 5.41) is 2.52. The van der Waals surface area contributed by atoms with E-state index in [-0.39, 0.29) is 0 Å². The molecular weight excluding hydrogens is 571 g/mol. The first-order valence-corrected chi connectivity index (χ1v) is 15.9. The Morgan fingerprint density at radius 1 is 0.468 bits per heavy atom. The summed E-state index contributed by atoms with van der Waals surface area (Å²) in [7, 11) is 0. The molecule has 0 saturated carbocycles. The number of hydrogen-bond acceptors (Lipinski definition) is 2. The fraction of sp³-hybridized carbons (Fsp3) is 0. The molecule has 8 rings (SSSR count). The lowest BCUT2D eigenvalue weighted by Crippen LogP contribution is -2.10. The van der Waals surface area contributed by atoms with E-state index in [9.17, 15) is 0 Å². The zero-order valence-electron chi connectivity index (χ0n) is 25.9. The van der Waals surface area contributed by atoms with E-state index in [1.807, 2.05) is 24.3 Å². The van der Waals surface area contributed by atoms with Gasteiger partial charge in [0.25, 0.3) is 0 Å². The van der Waals surface area contributed by atoms with E-state index < -0.39 is 0 Å². The van der Waals surface area contributed by atoms with Gasteiger partial charge in [-0.15, -0.1) is 0 Å². The minimum absolute atomic E-state index is 0.762. The van der Waals surface area contributed by atoms with Gasteiger partial charge in [-0.05, 0) is 95.1 Å². The van der Waals surface area contributed by atoms with Crippen LogP contribution in [0.2, 0.25) is 0 Å². The summed E-state index contributed by atoms with van der Waals surface area (Å²) in [5.74, 6) is 0. The highest BCUT2D eigenvalue weighted by molar-refractivity contribution is 6.09. The maximum Gasteiger partial charge on any atom is 0.0541 e. The standard InChI is InChI=1S/C44H33N3/c45-35-26-20-32(21-27-35)19-22-33-25-30-39(46(36-11-3-1-4-12-36)37-13-5-2-6-14-37)31-42(33)34-23-28-38(29-24-34)47-43-17-9-7-15-40(43)41-16-8-10-18-44(41)47/h1-31H,45H2/b22-19+. The molecule has 0 aliphatic carbocycles. The highest BCUT2D eigenvalue weighted by Crippen LogP contribution is 2.39. The van der Waals surface area contributed by atoms with Gasteiger partial charge in [-0.1, -0.05) is 115 Å². The zero-order valence-corrected chi connectivity index (χ0v) is 25.9. The van der Waals surface area contributed by atoms with Gasteiger partial charge < -0.3 is 15.2 Å². The molecule has 0 bridgehead atoms. The molecule has 8 aromatic rings. The van der Waals surface area contributed by atoms with E-state index in [1.165, 1.54) is 21.8 Å². The smallest absolute Gasteiger partial charge is 0.0541 e. The molecule has 0 fully saturated rings. The molecule has 1 aromatic heterocycles. The first kappa shape index (κ1) is 28.2. The molecule has 0 radical (unpaired) electrons. The van der Waals surface area contributed by atoms with E-state index in [2.05, 4.69) is 173 Å². The average Bonchev–Trinajstić information content (AvgIpc) is 3.47. The van der Waals surface area contributed by atoms with Gasteiger partial charge in [0, 0.05) is 39.2 Å². The van der Waals surface area contributed by atoms with Crippen LogP contribution in [-0.4, -0.2) is 4.57 Å². The van der Waals surface area contributed by atoms with Crippen molar-refractivity contribution in [2.75, 3.05) is 10.6 Å². The van der Waals surface area contributed by atoms with Gasteiger partial charge in [-0.25, -0.2) is 0 Å². The summed E-state index contributed by atoms with van der Waals surface area (Å²) in [4.78, 5) is 2.31. The number of nitrogens with zero attached hydrogens (tertiary/aromatic N) is 2. The molecule has 7 aromatic carbocycles. The van der Waals surface area contributed by atoms with Crippen molar-refractivity contribution in [3.8, 4) is 16.8 Å². The molecule has 0 spiro atoms. The molecule has 0 saturated heterocycles. The molecule has 0 atom stereocenters. The summed E-state index contributed by atoms with van der Waals surface area (Å²) < 4.78 is 2.36. The minimum Gasteiger partial charge on any atom is -0.399 e. The summed E-state index contributed by atoms with van der Waals surface area (Å²) in [6.45, 7) is 0. The van der Waals surface area contributed by atoms with Gasteiger partial charge in [-0.2, -0.15) is 0 Å². The Morgan fingerprint density at radius 3 is 1.62 bits per heavy atom. The lowest BCUT2D eigenvalue weighted by atomic mass is 9.97. The molecular formula is C44H33N3. The molecule has 224 valence electrons. The predicted octanol–water partition coefficient (Wildman–Crippen LogP) is 11.7. The summed E-state index contributed by atoms with van der Waals surface area (Å²) in [6, 6.07) is 62.0. The van der Waals surface area contributed by atoms with Gasteiger partial charge in [-0.3, -0.25) is 0 Å². The second-order valence-electron chi connectivity index (χ2n) is 11.7. The Hall–Kier alpha value is -6.32. The van der Waals surface area contributed by atoms with Crippen LogP contribution in [0.1, 0.15) is 11.1 Å². The normalized spacial score (nSPS) is 11.4. The molecule has 3 nitrogen and oxygen atoms in total. The lowest BCUT2D eigenvalue weighted by Gasteiger charge is -2.26. The van der Waals surface area contributed by atoms with Crippen LogP contribution in [0.3, 0.4) is 0 Å². The number of aromatic nitrogens is 1. The highest BCUT2D eigenvalue weighted by atomic mass is 15.1. The summed E-state index contributed by atoms with van der Waals surface area (Å²) in [6.07, 6.45) is 4.34. The number of fused-ring (bicyclic) bond motifs is 3. The zero-order chi connectivity index (χ0) is 31.6. The van der Waals surface area contributed by atoms with Crippen molar-refractivity contribution < 1.29 is 0 Å². The Balaban J connectivity index is 1.27. The first-order valence-electron chi connectivity index (χ1n) is 15.9. The molecule has 47 heavy (non-hydrogen) atoms. The average molecular weight is 604 g/mol. The Kier molecular flexibility index (Phi) is 7.33. The van der Waals surface area contributed by atoms with Crippen molar-refractivity contribution in [2.24, 2.45) is 0 Å². The molecule has 2 N–H and O–H groups in total. The fourth-order valence-electron chi connectivity index (χ4n) is 6.46. The Labute approximate surface area is 275 Å². The highest BCUT2D eigenvalue weighted by Gasteiger charge is 2.16. The maximum atomic E-state index is 5.95. The van der Waals surface area contributed by atoms with Crippen LogP contribution in [0, 0.1) is 0 Å². The van der Waals surface area contributed by atoms with E-state index in [0.717, 1.165) is 50.7 Å². The molecule has 1 heterocycles. The second-order valence-corrected chi connectivity index (χ2v) is 11.7. The van der Waals surface area contributed by atoms with Crippen molar-refractivity contribution in [2.45, 2.75) is 0 Å². The third-order valence-electron chi connectivity index (χ3n) is 8.73. The van der Waals surface area contributed by atoms with Crippen LogP contribution < -0.4 is 10.6 Å². The number of rotatable bonds is 7. The number of para-hydroxylation sites is 4. The van der Waals surface area contributed by atoms with Crippen molar-refractivity contribution in [1.29, 1.82) is 0 Å². The summed E-state index contributed by atoms with van der Waals surface area (Å²) in [5.41, 5.74) is 18.1. The van der Waals surface area contributed by atoms with E-state index in [0.29, 0.717) is 0 Å². The van der Waals surface area contributed by atoms with Gasteiger partial charge in [0.15, 0.2) is 0 Å². The lowest BCUT2D eigenvalue weighted by molar-refractivity contribution is 1.18. The number of benzene rings is 7. The van der Waals surface area contributed by atoms with Crippen molar-refractivity contribution >= 4 is 56.7 Å². The largest absolute Gasteiger partial charge is 0.399 e. The first-order chi connectivity index (χ1) is 23.2. The summed E-state index contributed by atoms with van der Waals surface area (Å²) >= 11 is 0. The number of nitrogen functional groups attached to an aromatic ring is 1. The second kappa shape index (κ2) is 12.2. The van der Waals surface area contributed by atoms with Crippen LogP contribution in [0.15, 0.2) is 176 Å². The Bertz CT molecular complexity index is 2240. The minimum atomic E-state index is 0.762. The van der Waals surface area contributed by atoms with Crippen molar-refractivity contribution in [3.05, 3.63) is 187 Å². The van der Waals surface area contributed by atoms with Crippen molar-refractivity contribution in [1.82, 2.24) is 4.57 Å². The molecule has 3 heteroatoms.